The molecule has 3 rings (SSSR count). The van der Waals surface area contributed by atoms with E-state index in [1.807, 2.05) is 31.2 Å². The van der Waals surface area contributed by atoms with E-state index in [2.05, 4.69) is 20.8 Å². The molecule has 1 atom stereocenters. The first-order valence-corrected chi connectivity index (χ1v) is 9.97. The fourth-order valence-electron chi connectivity index (χ4n) is 3.29. The van der Waals surface area contributed by atoms with Crippen LogP contribution in [0.25, 0.3) is 0 Å². The van der Waals surface area contributed by atoms with Crippen LogP contribution in [0.15, 0.2) is 47.4 Å². The van der Waals surface area contributed by atoms with Crippen molar-refractivity contribution in [2.24, 2.45) is 0 Å². The molecule has 0 spiro atoms. The van der Waals surface area contributed by atoms with Crippen LogP contribution in [-0.2, 0) is 15.4 Å². The van der Waals surface area contributed by atoms with Crippen molar-refractivity contribution >= 4 is 15.7 Å². The maximum absolute atomic E-state index is 13.2. The zero-order valence-corrected chi connectivity index (χ0v) is 16.0. The van der Waals surface area contributed by atoms with E-state index in [0.29, 0.717) is 17.7 Å². The maximum atomic E-state index is 13.2. The molecule has 0 saturated carbocycles. The highest BCUT2D eigenvalue weighted by Crippen LogP contribution is 2.39. The third-order valence-corrected chi connectivity index (χ3v) is 6.60. The van der Waals surface area contributed by atoms with Gasteiger partial charge in [-0.05, 0) is 42.0 Å². The number of anilines is 1. The van der Waals surface area contributed by atoms with Gasteiger partial charge < -0.3 is 5.11 Å². The summed E-state index contributed by atoms with van der Waals surface area (Å²) in [5, 5.41) is 10.2. The molecule has 1 heterocycles. The Labute approximate surface area is 150 Å². The molecule has 0 aliphatic carbocycles. The molecule has 0 bridgehead atoms. The molecule has 1 aliphatic rings. The summed E-state index contributed by atoms with van der Waals surface area (Å²) in [6, 6.07) is 12.7. The van der Waals surface area contributed by atoms with Crippen LogP contribution in [0.2, 0.25) is 0 Å². The van der Waals surface area contributed by atoms with Crippen LogP contribution >= 0.6 is 0 Å². The maximum Gasteiger partial charge on any atom is 0.264 e. The Morgan fingerprint density at radius 2 is 1.72 bits per heavy atom. The molecule has 0 fully saturated rings. The van der Waals surface area contributed by atoms with E-state index in [1.54, 1.807) is 18.2 Å². The molecule has 2 aromatic carbocycles. The molecule has 0 amide bonds. The van der Waals surface area contributed by atoms with E-state index in [9.17, 15) is 13.5 Å². The van der Waals surface area contributed by atoms with Crippen LogP contribution in [0.5, 0.6) is 0 Å². The van der Waals surface area contributed by atoms with Crippen molar-refractivity contribution in [1.29, 1.82) is 0 Å². The predicted molar refractivity (Wildman–Crippen MR) is 100 cm³/mol. The Balaban J connectivity index is 2.06. The van der Waals surface area contributed by atoms with Gasteiger partial charge in [0.25, 0.3) is 10.0 Å². The Hall–Kier alpha value is -1.85. The number of nitrogens with zero attached hydrogens (tertiary/aromatic N) is 1. The zero-order valence-electron chi connectivity index (χ0n) is 15.2. The summed E-state index contributed by atoms with van der Waals surface area (Å²) >= 11 is 0. The third-order valence-electron chi connectivity index (χ3n) is 4.79. The van der Waals surface area contributed by atoms with Gasteiger partial charge in [-0.2, -0.15) is 0 Å². The Morgan fingerprint density at radius 3 is 2.32 bits per heavy atom. The van der Waals surface area contributed by atoms with Crippen molar-refractivity contribution in [3.63, 3.8) is 0 Å². The van der Waals surface area contributed by atoms with E-state index in [-0.39, 0.29) is 16.9 Å². The molecular formula is C20H25NO3S. The lowest BCUT2D eigenvalue weighted by molar-refractivity contribution is 0.166. The van der Waals surface area contributed by atoms with E-state index in [0.717, 1.165) is 11.1 Å². The van der Waals surface area contributed by atoms with Crippen molar-refractivity contribution in [1.82, 2.24) is 0 Å². The summed E-state index contributed by atoms with van der Waals surface area (Å²) in [7, 11) is -3.66. The summed E-state index contributed by atoms with van der Waals surface area (Å²) in [5.74, 6) is 0. The minimum absolute atomic E-state index is 0.0271. The Morgan fingerprint density at radius 1 is 1.08 bits per heavy atom. The Bertz CT molecular complexity index is 880. The van der Waals surface area contributed by atoms with Crippen LogP contribution in [-0.4, -0.2) is 20.1 Å². The van der Waals surface area contributed by atoms with E-state index in [4.69, 9.17) is 0 Å². The lowest BCUT2D eigenvalue weighted by atomic mass is 9.87. The molecule has 0 saturated heterocycles. The second kappa shape index (κ2) is 6.15. The number of aryl methyl sites for hydroxylation is 1. The summed E-state index contributed by atoms with van der Waals surface area (Å²) < 4.78 is 27.9. The Kier molecular flexibility index (Phi) is 4.41. The molecule has 25 heavy (non-hydrogen) atoms. The number of hydrogen-bond acceptors (Lipinski definition) is 3. The number of fused-ring (bicyclic) bond motifs is 1. The first kappa shape index (κ1) is 18.0. The zero-order chi connectivity index (χ0) is 18.4. The first-order valence-electron chi connectivity index (χ1n) is 8.53. The number of hydrogen-bond donors (Lipinski definition) is 1. The fourth-order valence-corrected chi connectivity index (χ4v) is 4.86. The molecule has 0 aromatic heterocycles. The van der Waals surface area contributed by atoms with Crippen LogP contribution < -0.4 is 4.31 Å². The predicted octanol–water partition coefficient (Wildman–Crippen LogP) is 3.92. The van der Waals surface area contributed by atoms with Gasteiger partial charge in [0.05, 0.1) is 16.7 Å². The van der Waals surface area contributed by atoms with Crippen molar-refractivity contribution in [3.05, 3.63) is 59.2 Å². The fraction of sp³-hybridized carbons (Fsp3) is 0.400. The van der Waals surface area contributed by atoms with Gasteiger partial charge in [-0.15, -0.1) is 0 Å². The smallest absolute Gasteiger partial charge is 0.264 e. The number of aliphatic hydroxyl groups is 1. The molecule has 1 N–H and O–H groups in total. The normalized spacial score (nSPS) is 18.1. The van der Waals surface area contributed by atoms with Gasteiger partial charge in [-0.25, -0.2) is 8.42 Å². The van der Waals surface area contributed by atoms with Gasteiger partial charge in [0.15, 0.2) is 0 Å². The van der Waals surface area contributed by atoms with Gasteiger partial charge in [0.2, 0.25) is 0 Å². The lowest BCUT2D eigenvalue weighted by Crippen LogP contribution is -2.37. The van der Waals surface area contributed by atoms with E-state index in [1.165, 1.54) is 4.31 Å². The second-order valence-electron chi connectivity index (χ2n) is 7.67. The number of aliphatic hydroxyl groups excluding tert-OH is 1. The lowest BCUT2D eigenvalue weighted by Gasteiger charge is -2.34. The quantitative estimate of drug-likeness (QED) is 0.884. The molecule has 134 valence electrons. The molecule has 1 unspecified atom stereocenters. The number of benzene rings is 2. The monoisotopic (exact) mass is 359 g/mol. The van der Waals surface area contributed by atoms with Crippen molar-refractivity contribution in [2.75, 3.05) is 10.8 Å². The average Bonchev–Trinajstić information content (AvgIpc) is 2.55. The minimum Gasteiger partial charge on any atom is -0.388 e. The molecule has 2 aromatic rings. The van der Waals surface area contributed by atoms with E-state index >= 15 is 0 Å². The second-order valence-corrected chi connectivity index (χ2v) is 9.53. The number of rotatable bonds is 2. The minimum atomic E-state index is -3.66. The topological polar surface area (TPSA) is 57.6 Å². The van der Waals surface area contributed by atoms with E-state index < -0.39 is 16.1 Å². The van der Waals surface area contributed by atoms with Crippen LogP contribution in [0.4, 0.5) is 5.69 Å². The SMILES string of the molecule is Cc1cccc2c1N(S(=O)(=O)c1ccc(C(C)(C)C)cc1)CCC2O. The van der Waals surface area contributed by atoms with Gasteiger partial charge in [-0.1, -0.05) is 51.1 Å². The van der Waals surface area contributed by atoms with Gasteiger partial charge in [0, 0.05) is 12.1 Å². The third kappa shape index (κ3) is 3.18. The van der Waals surface area contributed by atoms with Crippen LogP contribution in [0, 0.1) is 6.92 Å². The standard InChI is InChI=1S/C20H25NO3S/c1-14-6-5-7-17-18(22)12-13-21(19(14)17)25(23,24)16-10-8-15(9-11-16)20(2,3)4/h5-11,18,22H,12-13H2,1-4H3. The van der Waals surface area contributed by atoms with Gasteiger partial charge in [-0.3, -0.25) is 4.31 Å². The van der Waals surface area contributed by atoms with Crippen molar-refractivity contribution < 1.29 is 13.5 Å². The average molecular weight is 359 g/mol. The highest BCUT2D eigenvalue weighted by Gasteiger charge is 2.33. The number of para-hydroxylation sites is 1. The van der Waals surface area contributed by atoms with Crippen LogP contribution in [0.3, 0.4) is 0 Å². The highest BCUT2D eigenvalue weighted by atomic mass is 32.2. The van der Waals surface area contributed by atoms with Gasteiger partial charge >= 0.3 is 0 Å². The van der Waals surface area contributed by atoms with Crippen molar-refractivity contribution in [3.8, 4) is 0 Å². The molecule has 0 radical (unpaired) electrons. The summed E-state index contributed by atoms with van der Waals surface area (Å²) in [6.45, 7) is 8.46. The largest absolute Gasteiger partial charge is 0.388 e. The van der Waals surface area contributed by atoms with Crippen molar-refractivity contribution in [2.45, 2.75) is 50.5 Å². The van der Waals surface area contributed by atoms with Gasteiger partial charge in [0.1, 0.15) is 0 Å². The molecular weight excluding hydrogens is 334 g/mol. The summed E-state index contributed by atoms with van der Waals surface area (Å²) in [6.07, 6.45) is -0.222. The highest BCUT2D eigenvalue weighted by molar-refractivity contribution is 7.92. The molecule has 4 nitrogen and oxygen atoms in total. The first-order chi connectivity index (χ1) is 11.6. The molecule has 5 heteroatoms. The molecule has 1 aliphatic heterocycles. The number of sulfonamides is 1. The van der Waals surface area contributed by atoms with Crippen LogP contribution in [0.1, 0.15) is 50.0 Å². The summed E-state index contributed by atoms with van der Waals surface area (Å²) in [5.41, 5.74) is 3.21. The summed E-state index contributed by atoms with van der Waals surface area (Å²) in [4.78, 5) is 0.283.